The molecule has 1 saturated heterocycles. The van der Waals surface area contributed by atoms with Gasteiger partial charge < -0.3 is 15.1 Å². The summed E-state index contributed by atoms with van der Waals surface area (Å²) >= 11 is 0. The number of nitrogens with zero attached hydrogens (tertiary/aromatic N) is 2. The van der Waals surface area contributed by atoms with Crippen molar-refractivity contribution < 1.29 is 23.2 Å². The van der Waals surface area contributed by atoms with Gasteiger partial charge in [0, 0.05) is 51.1 Å². The van der Waals surface area contributed by atoms with E-state index in [0.29, 0.717) is 32.2 Å². The van der Waals surface area contributed by atoms with Gasteiger partial charge in [0.1, 0.15) is 11.6 Å². The van der Waals surface area contributed by atoms with Crippen molar-refractivity contribution in [2.75, 3.05) is 32.7 Å². The minimum absolute atomic E-state index is 0.0552. The Labute approximate surface area is 151 Å². The molecule has 1 aromatic rings. The molecular formula is C18H23F2N3O3. The third kappa shape index (κ3) is 5.00. The van der Waals surface area contributed by atoms with Gasteiger partial charge in [-0.25, -0.2) is 8.78 Å². The van der Waals surface area contributed by atoms with Gasteiger partial charge in [-0.05, 0) is 12.1 Å². The van der Waals surface area contributed by atoms with Crippen LogP contribution in [0.5, 0.6) is 0 Å². The Morgan fingerprint density at radius 2 is 1.69 bits per heavy atom. The molecule has 0 spiro atoms. The van der Waals surface area contributed by atoms with Crippen molar-refractivity contribution in [3.05, 3.63) is 35.4 Å². The molecule has 1 N–H and O–H groups in total. The molecule has 2 rings (SSSR count). The fourth-order valence-electron chi connectivity index (χ4n) is 2.75. The Kier molecular flexibility index (Phi) is 6.65. The zero-order chi connectivity index (χ0) is 19.3. The van der Waals surface area contributed by atoms with Gasteiger partial charge in [0.2, 0.25) is 11.8 Å². The molecule has 26 heavy (non-hydrogen) atoms. The van der Waals surface area contributed by atoms with Crippen LogP contribution >= 0.6 is 0 Å². The maximum Gasteiger partial charge on any atom is 0.254 e. The molecule has 0 atom stereocenters. The van der Waals surface area contributed by atoms with E-state index in [1.165, 1.54) is 0 Å². The second-order valence-corrected chi connectivity index (χ2v) is 6.49. The van der Waals surface area contributed by atoms with Crippen LogP contribution in [0.4, 0.5) is 8.78 Å². The number of nitrogens with one attached hydrogen (secondary N) is 1. The summed E-state index contributed by atoms with van der Waals surface area (Å²) in [7, 11) is 0. The zero-order valence-electron chi connectivity index (χ0n) is 14.9. The SMILES string of the molecule is CC(C)C(=O)N1CCN(C(=O)CCNC(=O)c2ccc(F)cc2F)CC1. The monoisotopic (exact) mass is 367 g/mol. The zero-order valence-corrected chi connectivity index (χ0v) is 14.9. The second kappa shape index (κ2) is 8.73. The summed E-state index contributed by atoms with van der Waals surface area (Å²) in [6, 6.07) is 2.70. The summed E-state index contributed by atoms with van der Waals surface area (Å²) in [5.74, 6) is -2.53. The highest BCUT2D eigenvalue weighted by molar-refractivity contribution is 5.94. The highest BCUT2D eigenvalue weighted by atomic mass is 19.1. The number of hydrogen-bond donors (Lipinski definition) is 1. The summed E-state index contributed by atoms with van der Waals surface area (Å²) in [5, 5.41) is 2.46. The number of carbonyl (C=O) groups is 3. The summed E-state index contributed by atoms with van der Waals surface area (Å²) < 4.78 is 26.4. The maximum absolute atomic E-state index is 13.5. The van der Waals surface area contributed by atoms with Crippen LogP contribution in [0.25, 0.3) is 0 Å². The normalized spacial score (nSPS) is 14.5. The van der Waals surface area contributed by atoms with Crippen molar-refractivity contribution in [3.63, 3.8) is 0 Å². The molecule has 6 nitrogen and oxygen atoms in total. The first kappa shape index (κ1) is 19.8. The molecule has 0 aromatic heterocycles. The highest BCUT2D eigenvalue weighted by Gasteiger charge is 2.25. The van der Waals surface area contributed by atoms with Gasteiger partial charge in [-0.3, -0.25) is 14.4 Å². The highest BCUT2D eigenvalue weighted by Crippen LogP contribution is 2.10. The van der Waals surface area contributed by atoms with Gasteiger partial charge in [0.05, 0.1) is 5.56 Å². The van der Waals surface area contributed by atoms with Crippen LogP contribution in [-0.4, -0.2) is 60.2 Å². The second-order valence-electron chi connectivity index (χ2n) is 6.49. The van der Waals surface area contributed by atoms with Crippen LogP contribution in [0.3, 0.4) is 0 Å². The molecular weight excluding hydrogens is 344 g/mol. The maximum atomic E-state index is 13.5. The van der Waals surface area contributed by atoms with Gasteiger partial charge in [-0.1, -0.05) is 13.8 Å². The third-order valence-corrected chi connectivity index (χ3v) is 4.24. The van der Waals surface area contributed by atoms with E-state index >= 15 is 0 Å². The van der Waals surface area contributed by atoms with E-state index in [-0.39, 0.29) is 36.3 Å². The predicted octanol–water partition coefficient (Wildman–Crippen LogP) is 1.41. The van der Waals surface area contributed by atoms with Gasteiger partial charge >= 0.3 is 0 Å². The van der Waals surface area contributed by atoms with Crippen LogP contribution in [0.15, 0.2) is 18.2 Å². The van der Waals surface area contributed by atoms with E-state index < -0.39 is 17.5 Å². The van der Waals surface area contributed by atoms with Gasteiger partial charge in [0.25, 0.3) is 5.91 Å². The number of carbonyl (C=O) groups excluding carboxylic acids is 3. The van der Waals surface area contributed by atoms with Crippen LogP contribution in [0, 0.1) is 17.6 Å². The lowest BCUT2D eigenvalue weighted by Gasteiger charge is -2.35. The van der Waals surface area contributed by atoms with E-state index in [0.717, 1.165) is 12.1 Å². The largest absolute Gasteiger partial charge is 0.351 e. The number of benzene rings is 1. The Morgan fingerprint density at radius 3 is 2.27 bits per heavy atom. The van der Waals surface area contributed by atoms with E-state index in [1.54, 1.807) is 9.80 Å². The molecule has 0 aliphatic carbocycles. The van der Waals surface area contributed by atoms with E-state index in [4.69, 9.17) is 0 Å². The van der Waals surface area contributed by atoms with Gasteiger partial charge in [-0.2, -0.15) is 0 Å². The minimum Gasteiger partial charge on any atom is -0.351 e. The third-order valence-electron chi connectivity index (χ3n) is 4.24. The van der Waals surface area contributed by atoms with E-state index in [1.807, 2.05) is 13.8 Å². The van der Waals surface area contributed by atoms with Gasteiger partial charge in [0.15, 0.2) is 0 Å². The lowest BCUT2D eigenvalue weighted by molar-refractivity contribution is -0.141. The van der Waals surface area contributed by atoms with Crippen LogP contribution in [0.2, 0.25) is 0 Å². The average molecular weight is 367 g/mol. The molecule has 1 heterocycles. The molecule has 1 fully saturated rings. The predicted molar refractivity (Wildman–Crippen MR) is 91.3 cm³/mol. The number of amides is 3. The van der Waals surface area contributed by atoms with Crippen molar-refractivity contribution in [3.8, 4) is 0 Å². The number of rotatable bonds is 5. The first-order chi connectivity index (χ1) is 12.3. The first-order valence-corrected chi connectivity index (χ1v) is 8.59. The van der Waals surface area contributed by atoms with Crippen molar-refractivity contribution in [1.82, 2.24) is 15.1 Å². The van der Waals surface area contributed by atoms with Crippen LogP contribution < -0.4 is 5.32 Å². The lowest BCUT2D eigenvalue weighted by Crippen LogP contribution is -2.51. The number of halogens is 2. The molecule has 8 heteroatoms. The van der Waals surface area contributed by atoms with Crippen molar-refractivity contribution >= 4 is 17.7 Å². The smallest absolute Gasteiger partial charge is 0.254 e. The summed E-state index contributed by atoms with van der Waals surface area (Å²) in [5.41, 5.74) is -0.264. The topological polar surface area (TPSA) is 69.7 Å². The molecule has 0 unspecified atom stereocenters. The summed E-state index contributed by atoms with van der Waals surface area (Å²) in [6.45, 7) is 5.64. The molecule has 0 saturated carbocycles. The Bertz CT molecular complexity index is 686. The Morgan fingerprint density at radius 1 is 1.08 bits per heavy atom. The summed E-state index contributed by atoms with van der Waals surface area (Å²) in [6.07, 6.45) is 0.0761. The first-order valence-electron chi connectivity index (χ1n) is 8.59. The quantitative estimate of drug-likeness (QED) is 0.856. The molecule has 142 valence electrons. The molecule has 1 aromatic carbocycles. The standard InChI is InChI=1S/C18H23F2N3O3/c1-12(2)18(26)23-9-7-22(8-10-23)16(24)5-6-21-17(25)14-4-3-13(19)11-15(14)20/h3-4,11-12H,5-10H2,1-2H3,(H,21,25). The van der Waals surface area contributed by atoms with E-state index in [2.05, 4.69) is 5.32 Å². The van der Waals surface area contributed by atoms with Crippen molar-refractivity contribution in [2.45, 2.75) is 20.3 Å². The molecule has 3 amide bonds. The average Bonchev–Trinajstić information content (AvgIpc) is 2.60. The van der Waals surface area contributed by atoms with Gasteiger partial charge in [-0.15, -0.1) is 0 Å². The lowest BCUT2D eigenvalue weighted by atomic mass is 10.1. The molecule has 0 bridgehead atoms. The fourth-order valence-corrected chi connectivity index (χ4v) is 2.75. The molecule has 1 aliphatic rings. The minimum atomic E-state index is -0.945. The van der Waals surface area contributed by atoms with E-state index in [9.17, 15) is 23.2 Å². The Balaban J connectivity index is 1.75. The Hall–Kier alpha value is -2.51. The summed E-state index contributed by atoms with van der Waals surface area (Å²) in [4.78, 5) is 39.4. The van der Waals surface area contributed by atoms with Crippen molar-refractivity contribution in [1.29, 1.82) is 0 Å². The van der Waals surface area contributed by atoms with Crippen molar-refractivity contribution in [2.24, 2.45) is 5.92 Å². The number of piperazine rings is 1. The molecule has 0 radical (unpaired) electrons. The molecule has 1 aliphatic heterocycles. The fraction of sp³-hybridized carbons (Fsp3) is 0.500. The van der Waals surface area contributed by atoms with Crippen LogP contribution in [0.1, 0.15) is 30.6 Å². The number of hydrogen-bond acceptors (Lipinski definition) is 3. The van der Waals surface area contributed by atoms with Crippen LogP contribution in [-0.2, 0) is 9.59 Å².